The Bertz CT molecular complexity index is 502. The van der Waals surface area contributed by atoms with Gasteiger partial charge in [-0.3, -0.25) is 4.79 Å². The molecule has 2 aromatic rings. The molecule has 0 bridgehead atoms. The van der Waals surface area contributed by atoms with Crippen LogP contribution in [-0.4, -0.2) is 31.3 Å². The average Bonchev–Trinajstić information content (AvgIpc) is 2.84. The van der Waals surface area contributed by atoms with E-state index < -0.39 is 5.97 Å². The fraction of sp³-hybridized carbons (Fsp3) is 0.333. The van der Waals surface area contributed by atoms with E-state index in [0.29, 0.717) is 11.6 Å². The van der Waals surface area contributed by atoms with Gasteiger partial charge in [-0.2, -0.15) is 0 Å². The van der Waals surface area contributed by atoms with Gasteiger partial charge in [0.05, 0.1) is 0 Å². The van der Waals surface area contributed by atoms with Gasteiger partial charge in [-0.1, -0.05) is 6.92 Å². The highest BCUT2D eigenvalue weighted by Crippen LogP contribution is 2.19. The number of carboxylic acid groups (broad SMARTS) is 1. The van der Waals surface area contributed by atoms with Crippen LogP contribution in [0.4, 0.5) is 0 Å². The maximum atomic E-state index is 10.6. The molecule has 0 spiro atoms. The molecule has 0 aliphatic heterocycles. The van der Waals surface area contributed by atoms with Gasteiger partial charge in [0, 0.05) is 6.42 Å². The molecule has 0 fully saturated rings. The first-order valence-electron chi connectivity index (χ1n) is 4.77. The molecule has 1 N–H and O–H groups in total. The van der Waals surface area contributed by atoms with E-state index in [4.69, 9.17) is 9.52 Å². The smallest absolute Gasteiger partial charge is 0.325 e. The van der Waals surface area contributed by atoms with Crippen molar-refractivity contribution in [3.63, 3.8) is 0 Å². The first-order chi connectivity index (χ1) is 7.70. The van der Waals surface area contributed by atoms with Gasteiger partial charge in [0.25, 0.3) is 0 Å². The van der Waals surface area contributed by atoms with Crippen molar-refractivity contribution >= 4 is 5.97 Å². The van der Waals surface area contributed by atoms with Crippen molar-refractivity contribution in [1.29, 1.82) is 0 Å². The predicted molar refractivity (Wildman–Crippen MR) is 52.5 cm³/mol. The molecule has 0 unspecified atom stereocenters. The molecule has 0 saturated carbocycles. The Balaban J connectivity index is 2.32. The molecule has 2 aromatic heterocycles. The second-order valence-electron chi connectivity index (χ2n) is 3.17. The number of rotatable bonds is 4. The zero-order valence-electron chi connectivity index (χ0n) is 8.62. The first kappa shape index (κ1) is 10.3. The van der Waals surface area contributed by atoms with Gasteiger partial charge < -0.3 is 9.52 Å². The fourth-order valence-electron chi connectivity index (χ4n) is 1.30. The largest absolute Gasteiger partial charge is 0.480 e. The molecular formula is C9H10N4O3. The van der Waals surface area contributed by atoms with Crippen molar-refractivity contribution in [1.82, 2.24) is 20.2 Å². The Morgan fingerprint density at radius 2 is 2.38 bits per heavy atom. The quantitative estimate of drug-likeness (QED) is 0.813. The van der Waals surface area contributed by atoms with Gasteiger partial charge in [0.1, 0.15) is 12.3 Å². The zero-order valence-corrected chi connectivity index (χ0v) is 8.62. The van der Waals surface area contributed by atoms with E-state index >= 15 is 0 Å². The van der Waals surface area contributed by atoms with Crippen LogP contribution in [-0.2, 0) is 17.8 Å². The van der Waals surface area contributed by atoms with Gasteiger partial charge in [0.2, 0.25) is 5.82 Å². The number of hydrogen-bond acceptors (Lipinski definition) is 5. The van der Waals surface area contributed by atoms with Gasteiger partial charge in [0.15, 0.2) is 5.76 Å². The van der Waals surface area contributed by atoms with Crippen molar-refractivity contribution in [2.24, 2.45) is 0 Å². The van der Waals surface area contributed by atoms with E-state index in [9.17, 15) is 4.79 Å². The van der Waals surface area contributed by atoms with Crippen molar-refractivity contribution < 1.29 is 14.3 Å². The van der Waals surface area contributed by atoms with Crippen molar-refractivity contribution in [3.8, 4) is 11.6 Å². The van der Waals surface area contributed by atoms with E-state index in [-0.39, 0.29) is 6.54 Å². The van der Waals surface area contributed by atoms with Crippen LogP contribution in [0.3, 0.4) is 0 Å². The minimum atomic E-state index is -1.00. The second kappa shape index (κ2) is 4.13. The van der Waals surface area contributed by atoms with Gasteiger partial charge in [-0.15, -0.1) is 5.10 Å². The average molecular weight is 222 g/mol. The molecule has 0 atom stereocenters. The third-order valence-electron chi connectivity index (χ3n) is 2.05. The van der Waals surface area contributed by atoms with Crippen LogP contribution in [0.2, 0.25) is 0 Å². The predicted octanol–water partition coefficient (Wildman–Crippen LogP) is 0.580. The number of furan rings is 1. The molecule has 7 heteroatoms. The van der Waals surface area contributed by atoms with Crippen LogP contribution in [0.1, 0.15) is 12.7 Å². The summed E-state index contributed by atoms with van der Waals surface area (Å²) in [4.78, 5) is 10.6. The monoisotopic (exact) mass is 222 g/mol. The molecule has 84 valence electrons. The van der Waals surface area contributed by atoms with Crippen molar-refractivity contribution in [2.75, 3.05) is 0 Å². The summed E-state index contributed by atoms with van der Waals surface area (Å²) >= 11 is 0. The number of hydrogen-bond donors (Lipinski definition) is 1. The molecular weight excluding hydrogens is 212 g/mol. The number of carbonyl (C=O) groups is 1. The standard InChI is InChI=1S/C9H10N4O3/c1-2-6-3-4-7(16-6)9-10-11-12-13(9)5-8(14)15/h3-4H,2,5H2,1H3,(H,14,15). The van der Waals surface area contributed by atoms with Crippen LogP contribution < -0.4 is 0 Å². The maximum absolute atomic E-state index is 10.6. The summed E-state index contributed by atoms with van der Waals surface area (Å²) in [6, 6.07) is 3.54. The van der Waals surface area contributed by atoms with E-state index in [0.717, 1.165) is 12.2 Å². The van der Waals surface area contributed by atoms with Crippen LogP contribution >= 0.6 is 0 Å². The highest BCUT2D eigenvalue weighted by Gasteiger charge is 2.14. The Morgan fingerprint density at radius 3 is 3.00 bits per heavy atom. The topological polar surface area (TPSA) is 94.0 Å². The maximum Gasteiger partial charge on any atom is 0.325 e. The molecule has 2 rings (SSSR count). The lowest BCUT2D eigenvalue weighted by atomic mass is 10.3. The van der Waals surface area contributed by atoms with Gasteiger partial charge in [-0.25, -0.2) is 4.68 Å². The molecule has 16 heavy (non-hydrogen) atoms. The van der Waals surface area contributed by atoms with Crippen LogP contribution in [0.25, 0.3) is 11.6 Å². The summed E-state index contributed by atoms with van der Waals surface area (Å²) in [5, 5.41) is 19.4. The number of aromatic nitrogens is 4. The fourth-order valence-corrected chi connectivity index (χ4v) is 1.30. The summed E-state index contributed by atoms with van der Waals surface area (Å²) in [5.41, 5.74) is 0. The molecule has 0 aromatic carbocycles. The van der Waals surface area contributed by atoms with Crippen molar-refractivity contribution in [3.05, 3.63) is 17.9 Å². The summed E-state index contributed by atoms with van der Waals surface area (Å²) in [5.74, 6) is 0.598. The molecule has 0 aliphatic rings. The van der Waals surface area contributed by atoms with Crippen LogP contribution in [0.15, 0.2) is 16.5 Å². The minimum absolute atomic E-state index is 0.287. The Labute approximate surface area is 90.7 Å². The minimum Gasteiger partial charge on any atom is -0.480 e. The molecule has 0 aliphatic carbocycles. The highest BCUT2D eigenvalue weighted by molar-refractivity contribution is 5.67. The number of carboxylic acids is 1. The lowest BCUT2D eigenvalue weighted by Gasteiger charge is -1.97. The molecule has 0 saturated heterocycles. The van der Waals surface area contributed by atoms with E-state index in [1.54, 1.807) is 6.07 Å². The molecule has 2 heterocycles. The number of aliphatic carboxylic acids is 1. The van der Waals surface area contributed by atoms with E-state index in [1.807, 2.05) is 13.0 Å². The number of nitrogens with zero attached hydrogens (tertiary/aromatic N) is 4. The molecule has 0 radical (unpaired) electrons. The normalized spacial score (nSPS) is 10.6. The summed E-state index contributed by atoms with van der Waals surface area (Å²) in [6.07, 6.45) is 0.764. The van der Waals surface area contributed by atoms with E-state index in [2.05, 4.69) is 15.5 Å². The summed E-state index contributed by atoms with van der Waals surface area (Å²) in [7, 11) is 0. The van der Waals surface area contributed by atoms with Crippen LogP contribution in [0.5, 0.6) is 0 Å². The van der Waals surface area contributed by atoms with E-state index in [1.165, 1.54) is 4.68 Å². The number of tetrazole rings is 1. The zero-order chi connectivity index (χ0) is 11.5. The lowest BCUT2D eigenvalue weighted by molar-refractivity contribution is -0.137. The van der Waals surface area contributed by atoms with Crippen LogP contribution in [0, 0.1) is 0 Å². The third-order valence-corrected chi connectivity index (χ3v) is 2.05. The SMILES string of the molecule is CCc1ccc(-c2nnnn2CC(=O)O)o1. The Kier molecular flexibility index (Phi) is 2.67. The first-order valence-corrected chi connectivity index (χ1v) is 4.77. The molecule has 0 amide bonds. The highest BCUT2D eigenvalue weighted by atomic mass is 16.4. The third kappa shape index (κ3) is 1.92. The second-order valence-corrected chi connectivity index (χ2v) is 3.17. The Morgan fingerprint density at radius 1 is 1.56 bits per heavy atom. The lowest BCUT2D eigenvalue weighted by Crippen LogP contribution is -2.11. The van der Waals surface area contributed by atoms with Gasteiger partial charge in [-0.05, 0) is 22.6 Å². The molecule has 7 nitrogen and oxygen atoms in total. The number of aryl methyl sites for hydroxylation is 1. The Hall–Kier alpha value is -2.18. The summed E-state index contributed by atoms with van der Waals surface area (Å²) in [6.45, 7) is 1.67. The van der Waals surface area contributed by atoms with Gasteiger partial charge >= 0.3 is 5.97 Å². The summed E-state index contributed by atoms with van der Waals surface area (Å²) < 4.78 is 6.62. The van der Waals surface area contributed by atoms with Crippen molar-refractivity contribution in [2.45, 2.75) is 19.9 Å².